The Labute approximate surface area is 141 Å². The zero-order valence-corrected chi connectivity index (χ0v) is 13.8. The number of imidazole rings is 1. The third-order valence-corrected chi connectivity index (χ3v) is 5.47. The number of H-pyrrole nitrogens is 1. The van der Waals surface area contributed by atoms with E-state index in [9.17, 15) is 4.79 Å². The highest BCUT2D eigenvalue weighted by molar-refractivity contribution is 5.79. The highest BCUT2D eigenvalue weighted by Crippen LogP contribution is 2.31. The number of hydrogen-bond donors (Lipinski definition) is 1. The van der Waals surface area contributed by atoms with Crippen LogP contribution in [0.5, 0.6) is 0 Å². The van der Waals surface area contributed by atoms with Crippen LogP contribution in [0.4, 0.5) is 0 Å². The van der Waals surface area contributed by atoms with Crippen molar-refractivity contribution in [3.63, 3.8) is 0 Å². The average molecular weight is 322 g/mol. The van der Waals surface area contributed by atoms with Crippen LogP contribution in [0.15, 0.2) is 18.2 Å². The molecule has 1 saturated heterocycles. The minimum Gasteiger partial charge on any atom is -0.342 e. The summed E-state index contributed by atoms with van der Waals surface area (Å²) in [5.74, 6) is 1.81. The van der Waals surface area contributed by atoms with Crippen LogP contribution in [0.1, 0.15) is 55.8 Å². The van der Waals surface area contributed by atoms with Gasteiger partial charge in [-0.2, -0.15) is 5.26 Å². The molecule has 1 aromatic carbocycles. The van der Waals surface area contributed by atoms with E-state index in [-0.39, 0.29) is 11.8 Å². The number of benzene rings is 1. The number of carbonyl (C=O) groups excluding carboxylic acids is 1. The van der Waals surface area contributed by atoms with Crippen molar-refractivity contribution in [1.82, 2.24) is 14.9 Å². The van der Waals surface area contributed by atoms with Crippen LogP contribution in [0, 0.1) is 17.2 Å². The number of likely N-dealkylation sites (tertiary alicyclic amines) is 1. The fourth-order valence-electron chi connectivity index (χ4n) is 4.08. The minimum absolute atomic E-state index is 0.242. The zero-order valence-electron chi connectivity index (χ0n) is 13.8. The Bertz CT molecular complexity index is 797. The number of carbonyl (C=O) groups is 1. The SMILES string of the molecule is N#Cc1ccc2nc(C3CCN(C(=O)C4CCCCC4)C3)[nH]c2c1. The zero-order chi connectivity index (χ0) is 16.5. The molecule has 1 amide bonds. The molecule has 1 atom stereocenters. The van der Waals surface area contributed by atoms with Crippen molar-refractivity contribution in [2.24, 2.45) is 5.92 Å². The van der Waals surface area contributed by atoms with Crippen molar-refractivity contribution in [3.8, 4) is 6.07 Å². The van der Waals surface area contributed by atoms with Crippen LogP contribution >= 0.6 is 0 Å². The number of nitriles is 1. The summed E-state index contributed by atoms with van der Waals surface area (Å²) in [5, 5.41) is 9.01. The first-order valence-electron chi connectivity index (χ1n) is 8.93. The maximum absolute atomic E-state index is 12.7. The molecule has 5 nitrogen and oxygen atoms in total. The molecule has 2 aromatic rings. The maximum atomic E-state index is 12.7. The van der Waals surface area contributed by atoms with Gasteiger partial charge in [-0.3, -0.25) is 4.79 Å². The topological polar surface area (TPSA) is 72.8 Å². The number of hydrogen-bond acceptors (Lipinski definition) is 3. The monoisotopic (exact) mass is 322 g/mol. The van der Waals surface area contributed by atoms with Gasteiger partial charge >= 0.3 is 0 Å². The van der Waals surface area contributed by atoms with E-state index in [0.29, 0.717) is 11.5 Å². The molecule has 1 unspecified atom stereocenters. The van der Waals surface area contributed by atoms with Crippen molar-refractivity contribution in [2.45, 2.75) is 44.4 Å². The highest BCUT2D eigenvalue weighted by Gasteiger charge is 2.33. The Kier molecular flexibility index (Phi) is 3.97. The maximum Gasteiger partial charge on any atom is 0.225 e. The molecule has 124 valence electrons. The minimum atomic E-state index is 0.242. The van der Waals surface area contributed by atoms with Gasteiger partial charge in [-0.1, -0.05) is 19.3 Å². The van der Waals surface area contributed by atoms with E-state index >= 15 is 0 Å². The van der Waals surface area contributed by atoms with Crippen LogP contribution in [-0.2, 0) is 4.79 Å². The number of aromatic nitrogens is 2. The Balaban J connectivity index is 1.48. The van der Waals surface area contributed by atoms with E-state index in [4.69, 9.17) is 5.26 Å². The van der Waals surface area contributed by atoms with Gasteiger partial charge < -0.3 is 9.88 Å². The molecule has 1 aromatic heterocycles. The second kappa shape index (κ2) is 6.27. The summed E-state index contributed by atoms with van der Waals surface area (Å²) in [4.78, 5) is 22.8. The summed E-state index contributed by atoms with van der Waals surface area (Å²) in [6, 6.07) is 7.67. The van der Waals surface area contributed by atoms with Gasteiger partial charge in [-0.15, -0.1) is 0 Å². The van der Waals surface area contributed by atoms with Crippen LogP contribution in [0.2, 0.25) is 0 Å². The number of nitrogens with zero attached hydrogens (tertiary/aromatic N) is 3. The summed E-state index contributed by atoms with van der Waals surface area (Å²) >= 11 is 0. The van der Waals surface area contributed by atoms with Gasteiger partial charge in [0.15, 0.2) is 0 Å². The fourth-order valence-corrected chi connectivity index (χ4v) is 4.08. The number of fused-ring (bicyclic) bond motifs is 1. The van der Waals surface area contributed by atoms with Gasteiger partial charge in [-0.25, -0.2) is 4.98 Å². The van der Waals surface area contributed by atoms with Crippen molar-refractivity contribution in [2.75, 3.05) is 13.1 Å². The number of amides is 1. The van der Waals surface area contributed by atoms with Crippen molar-refractivity contribution in [3.05, 3.63) is 29.6 Å². The Morgan fingerprint density at radius 2 is 2.08 bits per heavy atom. The third kappa shape index (κ3) is 2.77. The number of nitrogens with one attached hydrogen (secondary N) is 1. The van der Waals surface area contributed by atoms with E-state index < -0.39 is 0 Å². The summed E-state index contributed by atoms with van der Waals surface area (Å²) < 4.78 is 0. The smallest absolute Gasteiger partial charge is 0.225 e. The molecule has 0 bridgehead atoms. The van der Waals surface area contributed by atoms with Gasteiger partial charge in [-0.05, 0) is 37.5 Å². The van der Waals surface area contributed by atoms with E-state index in [0.717, 1.165) is 49.2 Å². The molecule has 4 rings (SSSR count). The first-order valence-corrected chi connectivity index (χ1v) is 8.93. The molecule has 1 aliphatic heterocycles. The molecular weight excluding hydrogens is 300 g/mol. The lowest BCUT2D eigenvalue weighted by Gasteiger charge is -2.26. The van der Waals surface area contributed by atoms with Gasteiger partial charge in [0, 0.05) is 24.9 Å². The highest BCUT2D eigenvalue weighted by atomic mass is 16.2. The van der Waals surface area contributed by atoms with Gasteiger partial charge in [0.05, 0.1) is 22.7 Å². The predicted octanol–water partition coefficient (Wildman–Crippen LogP) is 3.33. The first kappa shape index (κ1) is 15.2. The molecule has 1 aliphatic carbocycles. The summed E-state index contributed by atoms with van der Waals surface area (Å²) in [5.41, 5.74) is 2.43. The van der Waals surface area contributed by atoms with Crippen molar-refractivity contribution < 1.29 is 4.79 Å². The van der Waals surface area contributed by atoms with Gasteiger partial charge in [0.25, 0.3) is 0 Å². The molecule has 1 saturated carbocycles. The standard InChI is InChI=1S/C19H22N4O/c20-11-13-6-7-16-17(10-13)22-18(21-16)15-8-9-23(12-15)19(24)14-4-2-1-3-5-14/h6-7,10,14-15H,1-5,8-9,12H2,(H,21,22). The first-order chi connectivity index (χ1) is 11.7. The summed E-state index contributed by atoms with van der Waals surface area (Å²) in [6.45, 7) is 1.60. The molecule has 0 radical (unpaired) electrons. The molecular formula is C19H22N4O. The van der Waals surface area contributed by atoms with Crippen LogP contribution < -0.4 is 0 Å². The van der Waals surface area contributed by atoms with Gasteiger partial charge in [0.1, 0.15) is 5.82 Å². The molecule has 0 spiro atoms. The van der Waals surface area contributed by atoms with Crippen LogP contribution in [0.3, 0.4) is 0 Å². The van der Waals surface area contributed by atoms with Crippen LogP contribution in [-0.4, -0.2) is 33.9 Å². The number of rotatable bonds is 2. The van der Waals surface area contributed by atoms with Crippen molar-refractivity contribution in [1.29, 1.82) is 5.26 Å². The second-order valence-electron chi connectivity index (χ2n) is 7.07. The molecule has 2 heterocycles. The lowest BCUT2D eigenvalue weighted by molar-refractivity contribution is -0.135. The van der Waals surface area contributed by atoms with E-state index in [1.54, 1.807) is 6.07 Å². The predicted molar refractivity (Wildman–Crippen MR) is 91.3 cm³/mol. The van der Waals surface area contributed by atoms with Crippen LogP contribution in [0.25, 0.3) is 11.0 Å². The molecule has 2 aliphatic rings. The van der Waals surface area contributed by atoms with E-state index in [1.807, 2.05) is 17.0 Å². The van der Waals surface area contributed by atoms with E-state index in [2.05, 4.69) is 16.0 Å². The Hall–Kier alpha value is -2.35. The molecule has 2 fully saturated rings. The molecule has 1 N–H and O–H groups in total. The second-order valence-corrected chi connectivity index (χ2v) is 7.07. The molecule has 5 heteroatoms. The lowest BCUT2D eigenvalue weighted by Crippen LogP contribution is -2.35. The molecule has 24 heavy (non-hydrogen) atoms. The fraction of sp³-hybridized carbons (Fsp3) is 0.526. The average Bonchev–Trinajstić information content (AvgIpc) is 3.27. The largest absolute Gasteiger partial charge is 0.342 e. The van der Waals surface area contributed by atoms with Gasteiger partial charge in [0.2, 0.25) is 5.91 Å². The Morgan fingerprint density at radius 1 is 1.25 bits per heavy atom. The number of aromatic amines is 1. The Morgan fingerprint density at radius 3 is 2.88 bits per heavy atom. The third-order valence-electron chi connectivity index (χ3n) is 5.47. The normalized spacial score (nSPS) is 22.0. The summed E-state index contributed by atoms with van der Waals surface area (Å²) in [6.07, 6.45) is 6.74. The quantitative estimate of drug-likeness (QED) is 0.921. The van der Waals surface area contributed by atoms with E-state index in [1.165, 1.54) is 19.3 Å². The lowest BCUT2D eigenvalue weighted by atomic mass is 9.88. The van der Waals surface area contributed by atoms with Crippen molar-refractivity contribution >= 4 is 16.9 Å². The summed E-state index contributed by atoms with van der Waals surface area (Å²) in [7, 11) is 0.